The summed E-state index contributed by atoms with van der Waals surface area (Å²) >= 11 is 0. The van der Waals surface area contributed by atoms with Crippen molar-refractivity contribution in [3.8, 4) is 0 Å². The van der Waals surface area contributed by atoms with Gasteiger partial charge in [0.05, 0.1) is 11.2 Å². The topological polar surface area (TPSA) is 95.8 Å². The van der Waals surface area contributed by atoms with Gasteiger partial charge >= 0.3 is 28.5 Å². The van der Waals surface area contributed by atoms with Crippen LogP contribution in [0.15, 0.2) is 97.1 Å². The Balaban J connectivity index is 0.000000205. The van der Waals surface area contributed by atoms with Crippen LogP contribution in [0.4, 0.5) is 0 Å². The zero-order chi connectivity index (χ0) is 52.3. The third-order valence-electron chi connectivity index (χ3n) is 12.3. The van der Waals surface area contributed by atoms with Gasteiger partial charge in [0.25, 0.3) is 0 Å². The van der Waals surface area contributed by atoms with Crippen LogP contribution in [0.25, 0.3) is 0 Å². The minimum absolute atomic E-state index is 0.128. The van der Waals surface area contributed by atoms with Gasteiger partial charge in [0.1, 0.15) is 0 Å². The van der Waals surface area contributed by atoms with Crippen LogP contribution >= 0.6 is 0 Å². The smallest absolute Gasteiger partial charge is 0.423 e. The molecule has 3 fully saturated rings. The average molecular weight is 959 g/mol. The van der Waals surface area contributed by atoms with Crippen LogP contribution in [-0.4, -0.2) is 76.2 Å². The molecule has 382 valence electrons. The van der Waals surface area contributed by atoms with E-state index in [0.29, 0.717) is 21.7 Å². The minimum atomic E-state index is -1.36. The maximum Gasteiger partial charge on any atom is 0.494 e. The van der Waals surface area contributed by atoms with Crippen molar-refractivity contribution in [1.82, 2.24) is 0 Å². The highest BCUT2D eigenvalue weighted by atomic mass is 16.7. The molecule has 12 heteroatoms. The van der Waals surface area contributed by atoms with Crippen LogP contribution in [0.2, 0.25) is 0 Å². The molecule has 0 bridgehead atoms. The van der Waals surface area contributed by atoms with Crippen molar-refractivity contribution in [3.05, 3.63) is 119 Å². The molecule has 0 spiro atoms. The lowest BCUT2D eigenvalue weighted by Crippen LogP contribution is -2.47. The molecule has 3 aliphatic heterocycles. The van der Waals surface area contributed by atoms with E-state index in [-0.39, 0.29) is 43.4 Å². The normalized spacial score (nSPS) is 17.9. The first-order valence-electron chi connectivity index (χ1n) is 25.7. The Kier molecular flexibility index (Phi) is 21.0. The molecule has 3 saturated heterocycles. The summed E-state index contributed by atoms with van der Waals surface area (Å²) in [7, 11) is -1.98. The zero-order valence-electron chi connectivity index (χ0n) is 46.8. The van der Waals surface area contributed by atoms with Crippen molar-refractivity contribution < 1.29 is 38.0 Å². The van der Waals surface area contributed by atoms with Gasteiger partial charge in [-0.2, -0.15) is 0 Å². The van der Waals surface area contributed by atoms with Gasteiger partial charge in [-0.25, -0.2) is 0 Å². The van der Waals surface area contributed by atoms with Crippen LogP contribution in [0, 0.1) is 27.1 Å². The third kappa shape index (κ3) is 21.1. The van der Waals surface area contributed by atoms with E-state index in [9.17, 15) is 0 Å². The van der Waals surface area contributed by atoms with Crippen molar-refractivity contribution in [2.24, 2.45) is 27.1 Å². The Morgan fingerprint density at radius 3 is 0.971 bits per heavy atom. The summed E-state index contributed by atoms with van der Waals surface area (Å²) in [5.41, 5.74) is 10.0. The second-order valence-electron chi connectivity index (χ2n) is 26.4. The first-order chi connectivity index (χ1) is 32.2. The van der Waals surface area contributed by atoms with E-state index in [4.69, 9.17) is 38.0 Å². The SMILES string of the molecule is CC(C)(C)Cc1ccc(B(O)O)cc1.CC(C)(C)Cc1ccc(B2OC(C)(C)C(C)(C)O2)cc1.CC(C)(C)Cc1ccc(B2OCC(C)(C)CO2)cc1.CC(C)(C)Cc1ccc(B2OCCCO2)cc1. The fraction of sp³-hybridized carbons (Fsp3) is 0.586. The molecular formula is C58H90B4O8. The summed E-state index contributed by atoms with van der Waals surface area (Å²) in [6.07, 6.45) is 5.26. The summed E-state index contributed by atoms with van der Waals surface area (Å²) in [5, 5.41) is 17.8. The molecule has 0 atom stereocenters. The molecule has 0 aromatic heterocycles. The van der Waals surface area contributed by atoms with Crippen molar-refractivity contribution in [3.63, 3.8) is 0 Å². The Hall–Kier alpha value is -3.18. The van der Waals surface area contributed by atoms with E-state index in [1.54, 1.807) is 12.1 Å². The molecule has 0 amide bonds. The number of hydrogen-bond acceptors (Lipinski definition) is 8. The van der Waals surface area contributed by atoms with Crippen LogP contribution in [-0.2, 0) is 53.6 Å². The van der Waals surface area contributed by atoms with E-state index in [2.05, 4.69) is 197 Å². The fourth-order valence-electron chi connectivity index (χ4n) is 8.18. The molecule has 0 radical (unpaired) electrons. The van der Waals surface area contributed by atoms with Gasteiger partial charge in [-0.05, 0) is 126 Å². The summed E-state index contributed by atoms with van der Waals surface area (Å²) in [4.78, 5) is 0. The predicted molar refractivity (Wildman–Crippen MR) is 297 cm³/mol. The van der Waals surface area contributed by atoms with Gasteiger partial charge in [0, 0.05) is 31.8 Å². The molecule has 7 rings (SSSR count). The summed E-state index contributed by atoms with van der Waals surface area (Å²) < 4.78 is 34.9. The standard InChI is InChI=1S/C17H27BO2.C16H25BO2.C14H21BO2.C11H17BO2/c1-15(2,3)12-13-8-10-14(11-9-13)18-19-16(4,5)17(6,7)20-18;1-15(2,3)10-13-6-8-14(9-7-13)17-18-11-16(4,5)12-19-17;1-14(2,3)11-12-5-7-13(8-6-12)15-16-9-4-10-17-15;1-11(2,3)8-9-4-6-10(7-5-9)12(13)14/h8-11H,12H2,1-7H3;6-9H,10-12H2,1-5H3;5-8H,4,9-11H2,1-3H3;4-7,13-14H,8H2,1-3H3. The summed E-state index contributed by atoms with van der Waals surface area (Å²) in [5.74, 6) is 0. The second kappa shape index (κ2) is 24.7. The van der Waals surface area contributed by atoms with Crippen LogP contribution in [0.5, 0.6) is 0 Å². The third-order valence-corrected chi connectivity index (χ3v) is 12.3. The lowest BCUT2D eigenvalue weighted by atomic mass is 9.75. The molecule has 2 N–H and O–H groups in total. The molecule has 70 heavy (non-hydrogen) atoms. The Labute approximate surface area is 427 Å². The van der Waals surface area contributed by atoms with E-state index < -0.39 is 7.12 Å². The molecule has 0 saturated carbocycles. The van der Waals surface area contributed by atoms with E-state index in [1.807, 2.05) is 12.1 Å². The van der Waals surface area contributed by atoms with Gasteiger partial charge in [-0.1, -0.05) is 194 Å². The van der Waals surface area contributed by atoms with Gasteiger partial charge in [0.15, 0.2) is 0 Å². The zero-order valence-corrected chi connectivity index (χ0v) is 46.8. The highest BCUT2D eigenvalue weighted by molar-refractivity contribution is 6.62. The summed E-state index contributed by atoms with van der Waals surface area (Å²) in [6.45, 7) is 42.6. The predicted octanol–water partition coefficient (Wildman–Crippen LogP) is 9.98. The van der Waals surface area contributed by atoms with E-state index in [1.165, 1.54) is 22.3 Å². The van der Waals surface area contributed by atoms with Crippen molar-refractivity contribution in [2.75, 3.05) is 26.4 Å². The van der Waals surface area contributed by atoms with Crippen LogP contribution in [0.1, 0.15) is 153 Å². The van der Waals surface area contributed by atoms with Gasteiger partial charge in [-0.15, -0.1) is 0 Å². The van der Waals surface area contributed by atoms with Crippen molar-refractivity contribution >= 4 is 50.3 Å². The van der Waals surface area contributed by atoms with Crippen LogP contribution in [0.3, 0.4) is 0 Å². The number of benzene rings is 4. The molecule has 0 unspecified atom stereocenters. The minimum Gasteiger partial charge on any atom is -0.423 e. The molecular weight excluding hydrogens is 868 g/mol. The average Bonchev–Trinajstić information content (AvgIpc) is 3.46. The van der Waals surface area contributed by atoms with Gasteiger partial charge in [0.2, 0.25) is 0 Å². The highest BCUT2D eigenvalue weighted by Crippen LogP contribution is 2.36. The van der Waals surface area contributed by atoms with Gasteiger partial charge < -0.3 is 38.0 Å². The number of hydrogen-bond donors (Lipinski definition) is 2. The lowest BCUT2D eigenvalue weighted by Gasteiger charge is -2.33. The van der Waals surface area contributed by atoms with Crippen molar-refractivity contribution in [1.29, 1.82) is 0 Å². The Bertz CT molecular complexity index is 2110. The lowest BCUT2D eigenvalue weighted by molar-refractivity contribution is 0.00578. The molecule has 4 aromatic rings. The van der Waals surface area contributed by atoms with Gasteiger partial charge in [-0.3, -0.25) is 0 Å². The second-order valence-corrected chi connectivity index (χ2v) is 26.4. The van der Waals surface area contributed by atoms with E-state index in [0.717, 1.165) is 74.9 Å². The maximum absolute atomic E-state index is 8.90. The summed E-state index contributed by atoms with van der Waals surface area (Å²) in [6, 6.07) is 33.3. The molecule has 0 aliphatic carbocycles. The largest absolute Gasteiger partial charge is 0.494 e. The molecule has 8 nitrogen and oxygen atoms in total. The molecule has 3 aliphatic rings. The van der Waals surface area contributed by atoms with Crippen molar-refractivity contribution in [2.45, 2.75) is 168 Å². The van der Waals surface area contributed by atoms with Crippen LogP contribution < -0.4 is 21.9 Å². The maximum atomic E-state index is 8.90. The highest BCUT2D eigenvalue weighted by Gasteiger charge is 2.51. The Morgan fingerprint density at radius 1 is 0.414 bits per heavy atom. The Morgan fingerprint density at radius 2 is 0.686 bits per heavy atom. The number of rotatable bonds is 8. The molecule has 4 aromatic carbocycles. The van der Waals surface area contributed by atoms with E-state index >= 15 is 0 Å². The fourth-order valence-corrected chi connectivity index (χ4v) is 8.18. The quantitative estimate of drug-likeness (QED) is 0.169. The monoisotopic (exact) mass is 959 g/mol. The first-order valence-corrected chi connectivity index (χ1v) is 25.7. The first kappa shape index (κ1) is 59.4. The molecule has 3 heterocycles.